The number of aryl methyl sites for hydroxylation is 1. The average Bonchev–Trinajstić information content (AvgIpc) is 3.33. The number of ether oxygens (including phenoxy) is 1. The largest absolute Gasteiger partial charge is 0.496 e. The molecule has 3 amide bonds. The Morgan fingerprint density at radius 2 is 1.97 bits per heavy atom. The maximum Gasteiger partial charge on any atom is 0.325 e. The van der Waals surface area contributed by atoms with Crippen LogP contribution < -0.4 is 10.1 Å². The lowest BCUT2D eigenvalue weighted by atomic mass is 9.76. The highest BCUT2D eigenvalue weighted by Gasteiger charge is 2.54. The summed E-state index contributed by atoms with van der Waals surface area (Å²) >= 11 is 0. The van der Waals surface area contributed by atoms with Gasteiger partial charge >= 0.3 is 6.03 Å². The van der Waals surface area contributed by atoms with Crippen molar-refractivity contribution >= 4 is 11.9 Å². The molecule has 152 valence electrons. The summed E-state index contributed by atoms with van der Waals surface area (Å²) in [6.45, 7) is -0.0866. The second kappa shape index (κ2) is 6.98. The number of hydrogen-bond donors (Lipinski definition) is 1. The Balaban J connectivity index is 1.43. The minimum atomic E-state index is -1.02. The third-order valence-electron chi connectivity index (χ3n) is 5.76. The van der Waals surface area contributed by atoms with Gasteiger partial charge in [0.15, 0.2) is 0 Å². The van der Waals surface area contributed by atoms with Crippen LogP contribution in [0.5, 0.6) is 5.75 Å². The molecule has 1 aromatic heterocycles. The van der Waals surface area contributed by atoms with Crippen LogP contribution in [-0.2, 0) is 23.3 Å². The molecule has 8 nitrogen and oxygen atoms in total. The van der Waals surface area contributed by atoms with Gasteiger partial charge in [-0.1, -0.05) is 41.6 Å². The van der Waals surface area contributed by atoms with Gasteiger partial charge in [0.05, 0.1) is 12.7 Å². The monoisotopic (exact) mass is 404 g/mol. The van der Waals surface area contributed by atoms with Crippen molar-refractivity contribution in [1.29, 1.82) is 0 Å². The maximum atomic E-state index is 13.4. The van der Waals surface area contributed by atoms with E-state index in [1.165, 1.54) is 0 Å². The molecule has 30 heavy (non-hydrogen) atoms. The molecular weight excluding hydrogens is 384 g/mol. The predicted molar refractivity (Wildman–Crippen MR) is 106 cm³/mol. The van der Waals surface area contributed by atoms with Gasteiger partial charge in [-0.2, -0.15) is 4.98 Å². The highest BCUT2D eigenvalue weighted by atomic mass is 16.5. The van der Waals surface area contributed by atoms with Gasteiger partial charge in [0, 0.05) is 0 Å². The first-order valence-electron chi connectivity index (χ1n) is 9.81. The molecule has 3 aromatic rings. The number of aromatic nitrogens is 2. The number of benzene rings is 2. The molecule has 1 N–H and O–H groups in total. The lowest BCUT2D eigenvalue weighted by Crippen LogP contribution is -2.46. The highest BCUT2D eigenvalue weighted by molar-refractivity contribution is 6.07. The fourth-order valence-corrected chi connectivity index (χ4v) is 4.35. The highest BCUT2D eigenvalue weighted by Crippen LogP contribution is 2.40. The van der Waals surface area contributed by atoms with E-state index in [9.17, 15) is 9.59 Å². The van der Waals surface area contributed by atoms with Crippen molar-refractivity contribution < 1.29 is 18.8 Å². The van der Waals surface area contributed by atoms with Crippen molar-refractivity contribution in [1.82, 2.24) is 20.4 Å². The minimum Gasteiger partial charge on any atom is -0.496 e. The average molecular weight is 404 g/mol. The number of rotatable bonds is 4. The number of methoxy groups -OCH3 is 1. The van der Waals surface area contributed by atoms with Crippen molar-refractivity contribution in [2.45, 2.75) is 31.3 Å². The molecule has 0 radical (unpaired) electrons. The Kier molecular flexibility index (Phi) is 4.27. The summed E-state index contributed by atoms with van der Waals surface area (Å²) < 4.78 is 10.7. The second-order valence-corrected chi connectivity index (χ2v) is 7.45. The lowest BCUT2D eigenvalue weighted by molar-refractivity contribution is -0.132. The van der Waals surface area contributed by atoms with Crippen LogP contribution in [-0.4, -0.2) is 34.1 Å². The Bertz CT molecular complexity index is 1140. The third kappa shape index (κ3) is 2.75. The first-order chi connectivity index (χ1) is 14.6. The number of amides is 3. The number of urea groups is 1. The van der Waals surface area contributed by atoms with Crippen LogP contribution in [0.3, 0.4) is 0 Å². The van der Waals surface area contributed by atoms with Gasteiger partial charge in [-0.05, 0) is 42.5 Å². The molecule has 5 rings (SSSR count). The number of imide groups is 1. The summed E-state index contributed by atoms with van der Waals surface area (Å²) in [6.07, 6.45) is 2.30. The van der Waals surface area contributed by atoms with Crippen LogP contribution in [0.2, 0.25) is 0 Å². The van der Waals surface area contributed by atoms with Crippen LogP contribution in [0.25, 0.3) is 11.4 Å². The van der Waals surface area contributed by atoms with E-state index in [2.05, 4.69) is 15.5 Å². The Morgan fingerprint density at radius 1 is 1.17 bits per heavy atom. The number of carbonyl (C=O) groups excluding carboxylic acids is 2. The van der Waals surface area contributed by atoms with Crippen molar-refractivity contribution in [3.63, 3.8) is 0 Å². The molecule has 2 aromatic carbocycles. The Hall–Kier alpha value is -3.68. The Morgan fingerprint density at radius 3 is 2.83 bits per heavy atom. The fraction of sp³-hybridized carbons (Fsp3) is 0.273. The topological polar surface area (TPSA) is 97.6 Å². The first kappa shape index (κ1) is 18.4. The maximum absolute atomic E-state index is 13.4. The van der Waals surface area contributed by atoms with Crippen molar-refractivity contribution in [3.05, 3.63) is 65.5 Å². The summed E-state index contributed by atoms with van der Waals surface area (Å²) in [6, 6.07) is 14.6. The van der Waals surface area contributed by atoms with Crippen molar-refractivity contribution in [2.75, 3.05) is 7.11 Å². The van der Waals surface area contributed by atoms with Crippen LogP contribution in [0.1, 0.15) is 29.9 Å². The summed E-state index contributed by atoms with van der Waals surface area (Å²) in [5.74, 6) is 0.849. The van der Waals surface area contributed by atoms with Gasteiger partial charge in [-0.15, -0.1) is 0 Å². The predicted octanol–water partition coefficient (Wildman–Crippen LogP) is 3.03. The SMILES string of the molecule is COc1ccccc1-c1noc(CN2C(=O)N[C@@]3(CCCc4ccccc43)C2=O)n1. The van der Waals surface area contributed by atoms with Crippen LogP contribution in [0.15, 0.2) is 53.1 Å². The van der Waals surface area contributed by atoms with E-state index in [4.69, 9.17) is 9.26 Å². The number of fused-ring (bicyclic) bond motifs is 2. The van der Waals surface area contributed by atoms with Crippen LogP contribution in [0.4, 0.5) is 4.79 Å². The van der Waals surface area contributed by atoms with Crippen LogP contribution >= 0.6 is 0 Å². The van der Waals surface area contributed by atoms with Gasteiger partial charge in [0.25, 0.3) is 5.91 Å². The first-order valence-corrected chi connectivity index (χ1v) is 9.81. The van der Waals surface area contributed by atoms with E-state index in [0.717, 1.165) is 28.9 Å². The molecule has 0 bridgehead atoms. The molecule has 1 aliphatic carbocycles. The quantitative estimate of drug-likeness (QED) is 0.672. The van der Waals surface area contributed by atoms with Gasteiger partial charge in [-0.3, -0.25) is 9.69 Å². The van der Waals surface area contributed by atoms with E-state index >= 15 is 0 Å². The molecule has 1 fully saturated rings. The Labute approximate surface area is 172 Å². The zero-order chi connectivity index (χ0) is 20.7. The molecule has 0 unspecified atom stereocenters. The van der Waals surface area contributed by atoms with Gasteiger partial charge in [0.2, 0.25) is 11.7 Å². The number of nitrogens with zero attached hydrogens (tertiary/aromatic N) is 3. The molecular formula is C22H20N4O4. The molecule has 1 atom stereocenters. The van der Waals surface area contributed by atoms with E-state index in [0.29, 0.717) is 23.6 Å². The van der Waals surface area contributed by atoms with Crippen LogP contribution in [0, 0.1) is 0 Å². The van der Waals surface area contributed by atoms with E-state index in [1.54, 1.807) is 13.2 Å². The number of carbonyl (C=O) groups is 2. The summed E-state index contributed by atoms with van der Waals surface area (Å²) in [4.78, 5) is 31.6. The third-order valence-corrected chi connectivity index (χ3v) is 5.76. The van der Waals surface area contributed by atoms with Crippen molar-refractivity contribution in [3.8, 4) is 17.1 Å². The second-order valence-electron chi connectivity index (χ2n) is 7.45. The number of para-hydroxylation sites is 1. The molecule has 8 heteroatoms. The molecule has 1 saturated heterocycles. The van der Waals surface area contributed by atoms with Crippen molar-refractivity contribution in [2.24, 2.45) is 0 Å². The number of hydrogen-bond acceptors (Lipinski definition) is 6. The van der Waals surface area contributed by atoms with E-state index in [1.807, 2.05) is 42.5 Å². The van der Waals surface area contributed by atoms with E-state index < -0.39 is 11.6 Å². The summed E-state index contributed by atoms with van der Waals surface area (Å²) in [7, 11) is 1.56. The minimum absolute atomic E-state index is 0.0866. The van der Waals surface area contributed by atoms with E-state index in [-0.39, 0.29) is 18.3 Å². The molecule has 1 spiro atoms. The number of nitrogens with one attached hydrogen (secondary N) is 1. The standard InChI is InChI=1S/C22H20N4O4/c1-29-17-11-5-3-9-15(17)19-23-18(30-25-19)13-26-20(27)22(24-21(26)28)12-6-8-14-7-2-4-10-16(14)22/h2-5,7,9-11H,6,8,12-13H2,1H3,(H,24,28)/t22-/m1/s1. The van der Waals surface area contributed by atoms with Gasteiger partial charge in [-0.25, -0.2) is 4.79 Å². The summed E-state index contributed by atoms with van der Waals surface area (Å²) in [5, 5.41) is 6.92. The molecule has 2 aliphatic rings. The zero-order valence-electron chi connectivity index (χ0n) is 16.4. The smallest absolute Gasteiger partial charge is 0.325 e. The van der Waals surface area contributed by atoms with Gasteiger partial charge in [0.1, 0.15) is 17.8 Å². The lowest BCUT2D eigenvalue weighted by Gasteiger charge is -2.33. The van der Waals surface area contributed by atoms with Gasteiger partial charge < -0.3 is 14.6 Å². The normalized spacial score (nSPS) is 20.4. The summed E-state index contributed by atoms with van der Waals surface area (Å²) in [5.41, 5.74) is 1.62. The molecule has 1 aliphatic heterocycles. The molecule has 2 heterocycles. The fourth-order valence-electron chi connectivity index (χ4n) is 4.35. The zero-order valence-corrected chi connectivity index (χ0v) is 16.4. The molecule has 0 saturated carbocycles.